The maximum absolute atomic E-state index is 6.52. The van der Waals surface area contributed by atoms with Crippen LogP contribution in [-0.4, -0.2) is 0 Å². The minimum atomic E-state index is -0.109. The second-order valence-corrected chi connectivity index (χ2v) is 19.7. The van der Waals surface area contributed by atoms with E-state index in [9.17, 15) is 0 Å². The molecule has 0 spiro atoms. The highest BCUT2D eigenvalue weighted by atomic mass is 16.3. The molecule has 0 radical (unpaired) electrons. The molecular formula is C65H51NO. The predicted octanol–water partition coefficient (Wildman–Crippen LogP) is 18.5. The van der Waals surface area contributed by atoms with Crippen molar-refractivity contribution in [1.29, 1.82) is 0 Å². The van der Waals surface area contributed by atoms with Crippen LogP contribution in [0.3, 0.4) is 0 Å². The summed E-state index contributed by atoms with van der Waals surface area (Å²) in [6.45, 7) is 11.5. The number of rotatable bonds is 7. The van der Waals surface area contributed by atoms with Crippen molar-refractivity contribution < 1.29 is 4.42 Å². The van der Waals surface area contributed by atoms with Gasteiger partial charge >= 0.3 is 0 Å². The Morgan fingerprint density at radius 3 is 1.78 bits per heavy atom. The maximum Gasteiger partial charge on any atom is 0.143 e. The molecule has 2 heteroatoms. The highest BCUT2D eigenvalue weighted by molar-refractivity contribution is 6.10. The molecule has 0 saturated carbocycles. The van der Waals surface area contributed by atoms with Crippen molar-refractivity contribution in [3.05, 3.63) is 235 Å². The molecular weight excluding hydrogens is 811 g/mol. The Kier molecular flexibility index (Phi) is 9.45. The van der Waals surface area contributed by atoms with Gasteiger partial charge in [-0.1, -0.05) is 217 Å². The summed E-state index contributed by atoms with van der Waals surface area (Å²) in [6.07, 6.45) is 0. The van der Waals surface area contributed by atoms with Gasteiger partial charge in [-0.05, 0) is 114 Å². The number of furan rings is 1. The summed E-state index contributed by atoms with van der Waals surface area (Å²) in [5.41, 5.74) is 21.0. The molecule has 1 aromatic heterocycles. The SMILES string of the molecule is CC(C)(C)c1ccc(-c2ccc(N(c3ccc4c(c3)-c3ccccc3C4(C)C)c3ccc4ccccc4c3-c3ccc(-c4cccc5c4oc4ccccc45)cc3)cc2-c2ccccc2)cc1. The van der Waals surface area contributed by atoms with Gasteiger partial charge in [-0.25, -0.2) is 0 Å². The Labute approximate surface area is 393 Å². The van der Waals surface area contributed by atoms with Gasteiger partial charge in [-0.3, -0.25) is 0 Å². The molecule has 2 nitrogen and oxygen atoms in total. The molecule has 12 rings (SSSR count). The zero-order valence-corrected chi connectivity index (χ0v) is 38.6. The second kappa shape index (κ2) is 15.6. The largest absolute Gasteiger partial charge is 0.455 e. The molecule has 0 amide bonds. The molecule has 0 aliphatic heterocycles. The fourth-order valence-electron chi connectivity index (χ4n) is 10.7. The van der Waals surface area contributed by atoms with Crippen molar-refractivity contribution >= 4 is 49.8 Å². The molecule has 0 atom stereocenters. The third-order valence-electron chi connectivity index (χ3n) is 14.3. The van der Waals surface area contributed by atoms with Crippen LogP contribution in [0.2, 0.25) is 0 Å². The number of fused-ring (bicyclic) bond motifs is 7. The van der Waals surface area contributed by atoms with Crippen molar-refractivity contribution in [2.75, 3.05) is 4.90 Å². The minimum Gasteiger partial charge on any atom is -0.455 e. The molecule has 1 heterocycles. The summed E-state index contributed by atoms with van der Waals surface area (Å²) in [5, 5.41) is 4.66. The van der Waals surface area contributed by atoms with E-state index in [4.69, 9.17) is 4.42 Å². The molecule has 0 bridgehead atoms. The van der Waals surface area contributed by atoms with E-state index in [1.54, 1.807) is 0 Å². The smallest absolute Gasteiger partial charge is 0.143 e. The van der Waals surface area contributed by atoms with Crippen molar-refractivity contribution in [2.45, 2.75) is 45.4 Å². The summed E-state index contributed by atoms with van der Waals surface area (Å²) in [4.78, 5) is 2.50. The monoisotopic (exact) mass is 861 g/mol. The Hall–Kier alpha value is -7.94. The highest BCUT2D eigenvalue weighted by Gasteiger charge is 2.36. The molecule has 10 aromatic carbocycles. The average molecular weight is 862 g/mol. The number of anilines is 3. The van der Waals surface area contributed by atoms with Gasteiger partial charge in [0.25, 0.3) is 0 Å². The van der Waals surface area contributed by atoms with E-state index in [0.29, 0.717) is 0 Å². The standard InChI is InChI=1S/C65H51NO/c1-64(2,3)47-33-30-44(31-34-47)50-37-35-48(40-56(50)42-16-7-6-8-17-42)66(49-36-38-59-57(41-49)53-20-11-13-24-58(53)65(59,4)5)60-39-32-43-18-9-10-19-51(43)62(60)46-28-26-45(27-29-46)52-22-15-23-55-54-21-12-14-25-61(54)67-63(52)55/h6-41H,1-5H3. The van der Waals surface area contributed by atoms with Gasteiger partial charge in [0.05, 0.1) is 5.69 Å². The number of hydrogen-bond donors (Lipinski definition) is 0. The first kappa shape index (κ1) is 40.6. The van der Waals surface area contributed by atoms with Gasteiger partial charge in [0, 0.05) is 38.7 Å². The van der Waals surface area contributed by atoms with Crippen LogP contribution >= 0.6 is 0 Å². The normalized spacial score (nSPS) is 13.0. The summed E-state index contributed by atoms with van der Waals surface area (Å²) in [7, 11) is 0. The summed E-state index contributed by atoms with van der Waals surface area (Å²) < 4.78 is 6.52. The average Bonchev–Trinajstić information content (AvgIpc) is 3.86. The topological polar surface area (TPSA) is 16.4 Å². The van der Waals surface area contributed by atoms with Crippen LogP contribution in [0.1, 0.15) is 51.3 Å². The van der Waals surface area contributed by atoms with Crippen molar-refractivity contribution in [3.63, 3.8) is 0 Å². The van der Waals surface area contributed by atoms with E-state index in [1.165, 1.54) is 66.4 Å². The summed E-state index contributed by atoms with van der Waals surface area (Å²) in [5.74, 6) is 0. The number of benzene rings is 10. The van der Waals surface area contributed by atoms with Crippen LogP contribution in [0.15, 0.2) is 223 Å². The Morgan fingerprint density at radius 2 is 0.985 bits per heavy atom. The van der Waals surface area contributed by atoms with Gasteiger partial charge in [-0.2, -0.15) is 0 Å². The molecule has 0 N–H and O–H groups in total. The molecule has 1 aliphatic carbocycles. The first-order valence-corrected chi connectivity index (χ1v) is 23.5. The zero-order valence-electron chi connectivity index (χ0n) is 38.6. The lowest BCUT2D eigenvalue weighted by Gasteiger charge is -2.30. The second-order valence-electron chi connectivity index (χ2n) is 19.7. The predicted molar refractivity (Wildman–Crippen MR) is 284 cm³/mol. The van der Waals surface area contributed by atoms with Gasteiger partial charge in [-0.15, -0.1) is 0 Å². The molecule has 1 aliphatic rings. The van der Waals surface area contributed by atoms with Gasteiger partial charge in [0.2, 0.25) is 0 Å². The molecule has 67 heavy (non-hydrogen) atoms. The van der Waals surface area contributed by atoms with Crippen LogP contribution in [0.4, 0.5) is 17.1 Å². The Morgan fingerprint density at radius 1 is 0.403 bits per heavy atom. The lowest BCUT2D eigenvalue weighted by atomic mass is 9.82. The van der Waals surface area contributed by atoms with Gasteiger partial charge in [0.15, 0.2) is 0 Å². The van der Waals surface area contributed by atoms with E-state index in [-0.39, 0.29) is 10.8 Å². The van der Waals surface area contributed by atoms with E-state index >= 15 is 0 Å². The van der Waals surface area contributed by atoms with Crippen LogP contribution in [0.5, 0.6) is 0 Å². The van der Waals surface area contributed by atoms with Crippen LogP contribution in [0, 0.1) is 0 Å². The van der Waals surface area contributed by atoms with Gasteiger partial charge < -0.3 is 9.32 Å². The van der Waals surface area contributed by atoms with Crippen molar-refractivity contribution in [3.8, 4) is 55.6 Å². The summed E-state index contributed by atoms with van der Waals surface area (Å²) in [6, 6.07) is 80.5. The zero-order chi connectivity index (χ0) is 45.4. The lowest BCUT2D eigenvalue weighted by Crippen LogP contribution is -2.15. The molecule has 0 saturated heterocycles. The Balaban J connectivity index is 1.08. The molecule has 0 fully saturated rings. The first-order chi connectivity index (χ1) is 32.6. The van der Waals surface area contributed by atoms with Crippen LogP contribution < -0.4 is 4.90 Å². The number of nitrogens with zero attached hydrogens (tertiary/aromatic N) is 1. The van der Waals surface area contributed by atoms with Crippen molar-refractivity contribution in [2.24, 2.45) is 0 Å². The lowest BCUT2D eigenvalue weighted by molar-refractivity contribution is 0.590. The number of para-hydroxylation sites is 2. The maximum atomic E-state index is 6.52. The van der Waals surface area contributed by atoms with Crippen LogP contribution in [0.25, 0.3) is 88.3 Å². The van der Waals surface area contributed by atoms with E-state index in [1.807, 2.05) is 6.07 Å². The minimum absolute atomic E-state index is 0.0667. The van der Waals surface area contributed by atoms with Gasteiger partial charge in [0.1, 0.15) is 11.2 Å². The third kappa shape index (κ3) is 6.78. The molecule has 0 unspecified atom stereocenters. The quantitative estimate of drug-likeness (QED) is 0.159. The summed E-state index contributed by atoms with van der Waals surface area (Å²) >= 11 is 0. The fraction of sp³-hybridized carbons (Fsp3) is 0.108. The molecule has 322 valence electrons. The van der Waals surface area contributed by atoms with Crippen molar-refractivity contribution in [1.82, 2.24) is 0 Å². The van der Waals surface area contributed by atoms with E-state index < -0.39 is 0 Å². The number of hydrogen-bond acceptors (Lipinski definition) is 2. The van der Waals surface area contributed by atoms with Crippen LogP contribution in [-0.2, 0) is 10.8 Å². The third-order valence-corrected chi connectivity index (χ3v) is 14.3. The van der Waals surface area contributed by atoms with E-state index in [0.717, 1.165) is 55.7 Å². The fourth-order valence-corrected chi connectivity index (χ4v) is 10.7. The van der Waals surface area contributed by atoms with E-state index in [2.05, 4.69) is 252 Å². The first-order valence-electron chi connectivity index (χ1n) is 23.5. The molecule has 11 aromatic rings. The highest BCUT2D eigenvalue weighted by Crippen LogP contribution is 2.52. The Bertz CT molecular complexity index is 3680.